The van der Waals surface area contributed by atoms with E-state index in [0.717, 1.165) is 39.1 Å². The van der Waals surface area contributed by atoms with Crippen LogP contribution < -0.4 is 11.1 Å². The molecule has 16 heavy (non-hydrogen) atoms. The summed E-state index contributed by atoms with van der Waals surface area (Å²) >= 11 is 1.79. The SMILES string of the molecule is Cc1ccsc1C(N)CCN1CCNCC1. The Bertz CT molecular complexity index is 318. The zero-order chi connectivity index (χ0) is 11.4. The van der Waals surface area contributed by atoms with Gasteiger partial charge < -0.3 is 16.0 Å². The number of piperazine rings is 1. The molecule has 1 fully saturated rings. The molecule has 0 radical (unpaired) electrons. The van der Waals surface area contributed by atoms with Crippen LogP contribution in [-0.2, 0) is 0 Å². The van der Waals surface area contributed by atoms with Crippen LogP contribution in [0.1, 0.15) is 22.9 Å². The van der Waals surface area contributed by atoms with Crippen LogP contribution in [0.5, 0.6) is 0 Å². The van der Waals surface area contributed by atoms with Crippen molar-refractivity contribution in [2.75, 3.05) is 32.7 Å². The van der Waals surface area contributed by atoms with Gasteiger partial charge in [0.25, 0.3) is 0 Å². The van der Waals surface area contributed by atoms with Gasteiger partial charge in [0.05, 0.1) is 0 Å². The van der Waals surface area contributed by atoms with E-state index in [-0.39, 0.29) is 6.04 Å². The van der Waals surface area contributed by atoms with Gasteiger partial charge in [0.2, 0.25) is 0 Å². The second-order valence-corrected chi connectivity index (χ2v) is 5.40. The van der Waals surface area contributed by atoms with Crippen LogP contribution >= 0.6 is 11.3 Å². The normalized spacial score (nSPS) is 19.9. The van der Waals surface area contributed by atoms with Gasteiger partial charge in [0, 0.05) is 43.6 Å². The van der Waals surface area contributed by atoms with E-state index in [1.807, 2.05) is 0 Å². The van der Waals surface area contributed by atoms with Gasteiger partial charge in [-0.1, -0.05) is 0 Å². The van der Waals surface area contributed by atoms with E-state index in [4.69, 9.17) is 5.73 Å². The number of nitrogens with one attached hydrogen (secondary N) is 1. The highest BCUT2D eigenvalue weighted by Gasteiger charge is 2.14. The van der Waals surface area contributed by atoms with Crippen LogP contribution in [0.4, 0.5) is 0 Å². The first kappa shape index (κ1) is 12.0. The van der Waals surface area contributed by atoms with Gasteiger partial charge in [-0.15, -0.1) is 11.3 Å². The van der Waals surface area contributed by atoms with Crippen molar-refractivity contribution in [2.24, 2.45) is 5.73 Å². The third kappa shape index (κ3) is 3.04. The summed E-state index contributed by atoms with van der Waals surface area (Å²) in [5.74, 6) is 0. The molecule has 1 atom stereocenters. The topological polar surface area (TPSA) is 41.3 Å². The lowest BCUT2D eigenvalue weighted by Crippen LogP contribution is -2.44. The van der Waals surface area contributed by atoms with E-state index in [9.17, 15) is 0 Å². The van der Waals surface area contributed by atoms with Crippen molar-refractivity contribution in [3.05, 3.63) is 21.9 Å². The number of aryl methyl sites for hydroxylation is 1. The summed E-state index contributed by atoms with van der Waals surface area (Å²) in [5, 5.41) is 5.50. The molecule has 0 spiro atoms. The fourth-order valence-corrected chi connectivity index (χ4v) is 3.12. The zero-order valence-electron chi connectivity index (χ0n) is 9.91. The molecule has 90 valence electrons. The standard InChI is InChI=1S/C12H21N3S/c1-10-3-9-16-12(10)11(13)2-6-15-7-4-14-5-8-15/h3,9,11,14H,2,4-8,13H2,1H3. The summed E-state index contributed by atoms with van der Waals surface area (Å²) in [5.41, 5.74) is 7.57. The quantitative estimate of drug-likeness (QED) is 0.833. The van der Waals surface area contributed by atoms with Crippen molar-refractivity contribution in [1.29, 1.82) is 0 Å². The Labute approximate surface area is 102 Å². The molecule has 2 rings (SSSR count). The number of thiophene rings is 1. The minimum absolute atomic E-state index is 0.217. The number of hydrogen-bond acceptors (Lipinski definition) is 4. The lowest BCUT2D eigenvalue weighted by molar-refractivity contribution is 0.233. The van der Waals surface area contributed by atoms with Crippen molar-refractivity contribution in [3.63, 3.8) is 0 Å². The van der Waals surface area contributed by atoms with E-state index < -0.39 is 0 Å². The highest BCUT2D eigenvalue weighted by atomic mass is 32.1. The first-order chi connectivity index (χ1) is 7.77. The van der Waals surface area contributed by atoms with Gasteiger partial charge in [-0.25, -0.2) is 0 Å². The second kappa shape index (κ2) is 5.77. The minimum Gasteiger partial charge on any atom is -0.323 e. The lowest BCUT2D eigenvalue weighted by atomic mass is 10.1. The summed E-state index contributed by atoms with van der Waals surface area (Å²) in [6.45, 7) is 7.84. The van der Waals surface area contributed by atoms with Crippen LogP contribution in [0.25, 0.3) is 0 Å². The monoisotopic (exact) mass is 239 g/mol. The van der Waals surface area contributed by atoms with Gasteiger partial charge >= 0.3 is 0 Å². The molecule has 1 saturated heterocycles. The van der Waals surface area contributed by atoms with Gasteiger partial charge in [-0.05, 0) is 30.4 Å². The summed E-state index contributed by atoms with van der Waals surface area (Å²) in [6.07, 6.45) is 1.07. The van der Waals surface area contributed by atoms with Crippen molar-refractivity contribution in [3.8, 4) is 0 Å². The maximum Gasteiger partial charge on any atom is 0.0404 e. The summed E-state index contributed by atoms with van der Waals surface area (Å²) in [7, 11) is 0. The van der Waals surface area contributed by atoms with Crippen molar-refractivity contribution < 1.29 is 0 Å². The average Bonchev–Trinajstić information content (AvgIpc) is 2.74. The fourth-order valence-electron chi connectivity index (χ4n) is 2.15. The average molecular weight is 239 g/mol. The van der Waals surface area contributed by atoms with E-state index in [1.54, 1.807) is 11.3 Å². The number of rotatable bonds is 4. The maximum absolute atomic E-state index is 6.23. The van der Waals surface area contributed by atoms with Crippen LogP contribution in [0.15, 0.2) is 11.4 Å². The molecular formula is C12H21N3S. The Kier molecular flexibility index (Phi) is 4.35. The van der Waals surface area contributed by atoms with Gasteiger partial charge in [0.1, 0.15) is 0 Å². The van der Waals surface area contributed by atoms with Gasteiger partial charge in [-0.3, -0.25) is 0 Å². The van der Waals surface area contributed by atoms with Crippen molar-refractivity contribution in [1.82, 2.24) is 10.2 Å². The van der Waals surface area contributed by atoms with Crippen molar-refractivity contribution >= 4 is 11.3 Å². The Hall–Kier alpha value is -0.420. The Morgan fingerprint density at radius 2 is 2.25 bits per heavy atom. The molecule has 3 nitrogen and oxygen atoms in total. The van der Waals surface area contributed by atoms with Crippen molar-refractivity contribution in [2.45, 2.75) is 19.4 Å². The van der Waals surface area contributed by atoms with Crippen LogP contribution in [0.2, 0.25) is 0 Å². The molecule has 0 bridgehead atoms. The lowest BCUT2D eigenvalue weighted by Gasteiger charge is -2.28. The molecule has 0 saturated carbocycles. The van der Waals surface area contributed by atoms with Crippen LogP contribution in [-0.4, -0.2) is 37.6 Å². The molecule has 4 heteroatoms. The van der Waals surface area contributed by atoms with Crippen LogP contribution in [0.3, 0.4) is 0 Å². The number of nitrogens with two attached hydrogens (primary N) is 1. The largest absolute Gasteiger partial charge is 0.323 e. The molecule has 2 heterocycles. The minimum atomic E-state index is 0.217. The summed E-state index contributed by atoms with van der Waals surface area (Å²) < 4.78 is 0. The highest BCUT2D eigenvalue weighted by molar-refractivity contribution is 7.10. The van der Waals surface area contributed by atoms with Gasteiger partial charge in [-0.2, -0.15) is 0 Å². The predicted octanol–water partition coefficient (Wildman–Crippen LogP) is 1.35. The molecule has 1 aromatic heterocycles. The van der Waals surface area contributed by atoms with Crippen LogP contribution in [0, 0.1) is 6.92 Å². The molecule has 0 amide bonds. The molecule has 3 N–H and O–H groups in total. The first-order valence-electron chi connectivity index (χ1n) is 6.00. The third-order valence-electron chi connectivity index (χ3n) is 3.20. The smallest absolute Gasteiger partial charge is 0.0404 e. The highest BCUT2D eigenvalue weighted by Crippen LogP contribution is 2.24. The molecule has 1 unspecified atom stereocenters. The Morgan fingerprint density at radius 3 is 2.88 bits per heavy atom. The molecule has 0 aromatic carbocycles. The zero-order valence-corrected chi connectivity index (χ0v) is 10.7. The molecule has 1 aromatic rings. The first-order valence-corrected chi connectivity index (χ1v) is 6.88. The summed E-state index contributed by atoms with van der Waals surface area (Å²) in [4.78, 5) is 3.86. The van der Waals surface area contributed by atoms with E-state index in [1.165, 1.54) is 10.4 Å². The van der Waals surface area contributed by atoms with E-state index in [2.05, 4.69) is 28.6 Å². The third-order valence-corrected chi connectivity index (χ3v) is 4.36. The predicted molar refractivity (Wildman–Crippen MR) is 69.9 cm³/mol. The van der Waals surface area contributed by atoms with E-state index in [0.29, 0.717) is 0 Å². The number of hydrogen-bond donors (Lipinski definition) is 2. The molecule has 0 aliphatic carbocycles. The number of nitrogens with zero attached hydrogens (tertiary/aromatic N) is 1. The molecule has 1 aliphatic rings. The molecule has 1 aliphatic heterocycles. The second-order valence-electron chi connectivity index (χ2n) is 4.45. The maximum atomic E-state index is 6.23. The fraction of sp³-hybridized carbons (Fsp3) is 0.667. The van der Waals surface area contributed by atoms with Gasteiger partial charge in [0.15, 0.2) is 0 Å². The Morgan fingerprint density at radius 1 is 1.50 bits per heavy atom. The summed E-state index contributed by atoms with van der Waals surface area (Å²) in [6, 6.07) is 2.37. The molecular weight excluding hydrogens is 218 g/mol. The Balaban J connectivity index is 1.79. The van der Waals surface area contributed by atoms with E-state index >= 15 is 0 Å².